The van der Waals surface area contributed by atoms with Gasteiger partial charge in [-0.3, -0.25) is 0 Å². The maximum Gasteiger partial charge on any atom is 0.319 e. The van der Waals surface area contributed by atoms with E-state index < -0.39 is 0 Å². The van der Waals surface area contributed by atoms with E-state index in [0.29, 0.717) is 18.2 Å². The van der Waals surface area contributed by atoms with E-state index in [1.54, 1.807) is 13.3 Å². The van der Waals surface area contributed by atoms with Crippen LogP contribution in [-0.4, -0.2) is 64.1 Å². The van der Waals surface area contributed by atoms with Crippen LogP contribution < -0.4 is 25.2 Å². The van der Waals surface area contributed by atoms with Crippen molar-refractivity contribution in [2.45, 2.75) is 6.42 Å². The molecule has 8 heteroatoms. The Kier molecular flexibility index (Phi) is 6.53. The van der Waals surface area contributed by atoms with Gasteiger partial charge >= 0.3 is 6.03 Å². The zero-order valence-electron chi connectivity index (χ0n) is 17.3. The Morgan fingerprint density at radius 3 is 2.77 bits per heavy atom. The molecule has 1 aromatic heterocycles. The first kappa shape index (κ1) is 20.3. The van der Waals surface area contributed by atoms with Gasteiger partial charge in [0.1, 0.15) is 11.6 Å². The number of carbonyl (C=O) groups is 1. The minimum absolute atomic E-state index is 0.202. The van der Waals surface area contributed by atoms with Crippen LogP contribution in [0.3, 0.4) is 0 Å². The van der Waals surface area contributed by atoms with Crippen LogP contribution in [0.15, 0.2) is 42.6 Å². The molecule has 3 heterocycles. The molecule has 0 aliphatic carbocycles. The van der Waals surface area contributed by atoms with Crippen molar-refractivity contribution in [2.24, 2.45) is 5.92 Å². The number of morpholine rings is 1. The summed E-state index contributed by atoms with van der Waals surface area (Å²) in [5.41, 5.74) is 1.80. The quantitative estimate of drug-likeness (QED) is 0.761. The summed E-state index contributed by atoms with van der Waals surface area (Å²) in [6.45, 7) is 5.62. The molecule has 2 aliphatic heterocycles. The van der Waals surface area contributed by atoms with E-state index in [-0.39, 0.29) is 6.03 Å². The lowest BCUT2D eigenvalue weighted by molar-refractivity contribution is 0.122. The van der Waals surface area contributed by atoms with Gasteiger partial charge in [0.2, 0.25) is 0 Å². The summed E-state index contributed by atoms with van der Waals surface area (Å²) in [5.74, 6) is 2.20. The lowest BCUT2D eigenvalue weighted by Crippen LogP contribution is -2.36. The number of benzene rings is 1. The number of methoxy groups -OCH3 is 1. The standard InChI is InChI=1S/C22H29N5O3/c1-29-20-5-3-2-4-19(20)27-9-8-17(16-27)14-24-22(28)25-18-6-7-21(23-15-18)26-10-12-30-13-11-26/h2-7,15,17H,8-14,16H2,1H3,(H2,24,25,28). The Labute approximate surface area is 177 Å². The maximum atomic E-state index is 12.3. The highest BCUT2D eigenvalue weighted by molar-refractivity contribution is 5.89. The van der Waals surface area contributed by atoms with Gasteiger partial charge in [0, 0.05) is 32.7 Å². The molecule has 2 aliphatic rings. The fourth-order valence-corrected chi connectivity index (χ4v) is 3.96. The number of anilines is 3. The van der Waals surface area contributed by atoms with Gasteiger partial charge in [-0.15, -0.1) is 0 Å². The average molecular weight is 412 g/mol. The van der Waals surface area contributed by atoms with Gasteiger partial charge in [0.25, 0.3) is 0 Å². The summed E-state index contributed by atoms with van der Waals surface area (Å²) in [7, 11) is 1.70. The molecule has 30 heavy (non-hydrogen) atoms. The molecule has 2 aromatic rings. The first-order valence-electron chi connectivity index (χ1n) is 10.4. The lowest BCUT2D eigenvalue weighted by atomic mass is 10.1. The number of rotatable bonds is 6. The molecule has 2 amide bonds. The molecule has 1 unspecified atom stereocenters. The Morgan fingerprint density at radius 1 is 1.17 bits per heavy atom. The van der Waals surface area contributed by atoms with Crippen LogP contribution in [0, 0.1) is 5.92 Å². The van der Waals surface area contributed by atoms with Crippen LogP contribution in [0.25, 0.3) is 0 Å². The number of hydrogen-bond donors (Lipinski definition) is 2. The molecular weight excluding hydrogens is 382 g/mol. The topological polar surface area (TPSA) is 79.0 Å². The molecule has 0 radical (unpaired) electrons. The van der Waals surface area contributed by atoms with Gasteiger partial charge in [-0.05, 0) is 36.6 Å². The largest absolute Gasteiger partial charge is 0.495 e. The number of aromatic nitrogens is 1. The van der Waals surface area contributed by atoms with E-state index in [2.05, 4.69) is 31.5 Å². The summed E-state index contributed by atoms with van der Waals surface area (Å²) >= 11 is 0. The second kappa shape index (κ2) is 9.67. The van der Waals surface area contributed by atoms with Crippen molar-refractivity contribution in [3.63, 3.8) is 0 Å². The molecule has 0 spiro atoms. The molecular formula is C22H29N5O3. The van der Waals surface area contributed by atoms with Gasteiger partial charge in [0.15, 0.2) is 0 Å². The van der Waals surface area contributed by atoms with Crippen LogP contribution in [0.1, 0.15) is 6.42 Å². The van der Waals surface area contributed by atoms with Crippen molar-refractivity contribution >= 4 is 23.2 Å². The van der Waals surface area contributed by atoms with Crippen molar-refractivity contribution in [1.29, 1.82) is 0 Å². The Hall–Kier alpha value is -3.00. The number of para-hydroxylation sites is 2. The van der Waals surface area contributed by atoms with E-state index >= 15 is 0 Å². The van der Waals surface area contributed by atoms with Crippen LogP contribution in [0.4, 0.5) is 22.0 Å². The zero-order valence-corrected chi connectivity index (χ0v) is 17.3. The smallest absolute Gasteiger partial charge is 0.319 e. The van der Waals surface area contributed by atoms with Crippen molar-refractivity contribution in [2.75, 3.05) is 68.2 Å². The second-order valence-corrected chi connectivity index (χ2v) is 7.61. The van der Waals surface area contributed by atoms with Gasteiger partial charge in [-0.25, -0.2) is 9.78 Å². The van der Waals surface area contributed by atoms with Crippen molar-refractivity contribution in [3.8, 4) is 5.75 Å². The van der Waals surface area contributed by atoms with E-state index in [4.69, 9.17) is 9.47 Å². The van der Waals surface area contributed by atoms with Gasteiger partial charge in [-0.2, -0.15) is 0 Å². The number of carbonyl (C=O) groups excluding carboxylic acids is 1. The second-order valence-electron chi connectivity index (χ2n) is 7.61. The highest BCUT2D eigenvalue weighted by atomic mass is 16.5. The first-order valence-corrected chi connectivity index (χ1v) is 10.4. The summed E-state index contributed by atoms with van der Waals surface area (Å²) in [6, 6.07) is 11.7. The monoisotopic (exact) mass is 411 g/mol. The minimum Gasteiger partial charge on any atom is -0.495 e. The van der Waals surface area contributed by atoms with Crippen LogP contribution in [0.5, 0.6) is 5.75 Å². The summed E-state index contributed by atoms with van der Waals surface area (Å²) in [5, 5.41) is 5.86. The maximum absolute atomic E-state index is 12.3. The number of amides is 2. The van der Waals surface area contributed by atoms with Crippen LogP contribution >= 0.6 is 0 Å². The van der Waals surface area contributed by atoms with Gasteiger partial charge in [-0.1, -0.05) is 12.1 Å². The molecule has 160 valence electrons. The predicted octanol–water partition coefficient (Wildman–Crippen LogP) is 2.57. The van der Waals surface area contributed by atoms with Crippen LogP contribution in [0.2, 0.25) is 0 Å². The molecule has 2 N–H and O–H groups in total. The highest BCUT2D eigenvalue weighted by Crippen LogP contribution is 2.31. The lowest BCUT2D eigenvalue weighted by Gasteiger charge is -2.27. The number of hydrogen-bond acceptors (Lipinski definition) is 6. The van der Waals surface area contributed by atoms with Gasteiger partial charge in [0.05, 0.1) is 37.9 Å². The van der Waals surface area contributed by atoms with E-state index in [1.165, 1.54) is 0 Å². The molecule has 1 atom stereocenters. The van der Waals surface area contributed by atoms with Crippen molar-refractivity contribution in [3.05, 3.63) is 42.6 Å². The average Bonchev–Trinajstić information content (AvgIpc) is 3.28. The molecule has 0 bridgehead atoms. The summed E-state index contributed by atoms with van der Waals surface area (Å²) in [6.07, 6.45) is 2.73. The molecule has 0 saturated carbocycles. The Balaban J connectivity index is 1.23. The van der Waals surface area contributed by atoms with Crippen molar-refractivity contribution in [1.82, 2.24) is 10.3 Å². The third-order valence-electron chi connectivity index (χ3n) is 5.60. The highest BCUT2D eigenvalue weighted by Gasteiger charge is 2.24. The molecule has 2 saturated heterocycles. The fourth-order valence-electron chi connectivity index (χ4n) is 3.96. The van der Waals surface area contributed by atoms with E-state index in [9.17, 15) is 4.79 Å². The minimum atomic E-state index is -0.202. The Bertz CT molecular complexity index is 839. The normalized spacial score (nSPS) is 18.9. The molecule has 2 fully saturated rings. The molecule has 8 nitrogen and oxygen atoms in total. The number of nitrogens with one attached hydrogen (secondary N) is 2. The number of ether oxygens (including phenoxy) is 2. The van der Waals surface area contributed by atoms with E-state index in [1.807, 2.05) is 30.3 Å². The third-order valence-corrected chi connectivity index (χ3v) is 5.60. The van der Waals surface area contributed by atoms with Crippen molar-refractivity contribution < 1.29 is 14.3 Å². The van der Waals surface area contributed by atoms with Gasteiger partial charge < -0.3 is 29.9 Å². The number of urea groups is 1. The number of pyridine rings is 1. The van der Waals surface area contributed by atoms with E-state index in [0.717, 1.165) is 63.1 Å². The molecule has 4 rings (SSSR count). The fraction of sp³-hybridized carbons (Fsp3) is 0.455. The summed E-state index contributed by atoms with van der Waals surface area (Å²) < 4.78 is 10.8. The van der Waals surface area contributed by atoms with Crippen LogP contribution in [-0.2, 0) is 4.74 Å². The zero-order chi connectivity index (χ0) is 20.8. The Morgan fingerprint density at radius 2 is 2.00 bits per heavy atom. The summed E-state index contributed by atoms with van der Waals surface area (Å²) in [4.78, 5) is 21.3. The first-order chi connectivity index (χ1) is 14.7. The molecule has 1 aromatic carbocycles. The predicted molar refractivity (Wildman–Crippen MR) is 118 cm³/mol. The SMILES string of the molecule is COc1ccccc1N1CCC(CNC(=O)Nc2ccc(N3CCOCC3)nc2)C1. The number of nitrogens with zero attached hydrogens (tertiary/aromatic N) is 3. The third kappa shape index (κ3) is 4.94.